The predicted octanol–water partition coefficient (Wildman–Crippen LogP) is 5.64. The van der Waals surface area contributed by atoms with E-state index in [-0.39, 0.29) is 11.4 Å². The third kappa shape index (κ3) is 3.09. The zero-order valence-electron chi connectivity index (χ0n) is 17.9. The Bertz CT molecular complexity index is 1220. The summed E-state index contributed by atoms with van der Waals surface area (Å²) in [7, 11) is 1.86. The monoisotopic (exact) mass is 405 g/mol. The molecule has 0 aromatic heterocycles. The van der Waals surface area contributed by atoms with Crippen LogP contribution >= 0.6 is 0 Å². The lowest BCUT2D eigenvalue weighted by Crippen LogP contribution is -2.28. The highest BCUT2D eigenvalue weighted by Gasteiger charge is 2.53. The second kappa shape index (κ2) is 7.74. The van der Waals surface area contributed by atoms with Gasteiger partial charge >= 0.3 is 0 Å². The SMILES string of the molecule is CC1=C(C)CC2(C1)C(C#N)=C(c1ccccc1)N(C)/C2=C(\C#N)C(=O)c1ccccc1. The van der Waals surface area contributed by atoms with E-state index in [1.165, 1.54) is 11.1 Å². The lowest BCUT2D eigenvalue weighted by Gasteiger charge is -2.30. The van der Waals surface area contributed by atoms with Crippen LogP contribution < -0.4 is 0 Å². The number of allylic oxidation sites excluding steroid dienone is 4. The van der Waals surface area contributed by atoms with Gasteiger partial charge in [-0.15, -0.1) is 0 Å². The molecule has 4 nitrogen and oxygen atoms in total. The number of hydrogen-bond acceptors (Lipinski definition) is 4. The Morgan fingerprint density at radius 1 is 0.935 bits per heavy atom. The fraction of sp³-hybridized carbons (Fsp3) is 0.222. The molecular weight excluding hydrogens is 382 g/mol. The van der Waals surface area contributed by atoms with Crippen molar-refractivity contribution in [3.63, 3.8) is 0 Å². The predicted molar refractivity (Wildman–Crippen MR) is 120 cm³/mol. The molecule has 1 heterocycles. The molecule has 31 heavy (non-hydrogen) atoms. The maximum atomic E-state index is 13.4. The highest BCUT2D eigenvalue weighted by atomic mass is 16.1. The molecular formula is C27H23N3O. The van der Waals surface area contributed by atoms with Gasteiger partial charge in [-0.05, 0) is 32.3 Å². The molecule has 0 amide bonds. The zero-order valence-corrected chi connectivity index (χ0v) is 17.9. The largest absolute Gasteiger partial charge is 0.345 e. The van der Waals surface area contributed by atoms with E-state index in [1.54, 1.807) is 24.3 Å². The fourth-order valence-corrected chi connectivity index (χ4v) is 5.01. The van der Waals surface area contributed by atoms with E-state index in [9.17, 15) is 15.3 Å². The Balaban J connectivity index is 2.00. The summed E-state index contributed by atoms with van der Waals surface area (Å²) in [6.45, 7) is 4.14. The maximum Gasteiger partial charge on any atom is 0.205 e. The van der Waals surface area contributed by atoms with Gasteiger partial charge in [0.25, 0.3) is 0 Å². The van der Waals surface area contributed by atoms with Crippen LogP contribution in [0.5, 0.6) is 0 Å². The molecule has 152 valence electrons. The van der Waals surface area contributed by atoms with E-state index in [2.05, 4.69) is 26.0 Å². The van der Waals surface area contributed by atoms with Crippen molar-refractivity contribution in [3.8, 4) is 12.1 Å². The quantitative estimate of drug-likeness (QED) is 0.287. The Kier molecular flexibility index (Phi) is 5.09. The minimum absolute atomic E-state index is 0.106. The molecule has 0 fully saturated rings. The summed E-state index contributed by atoms with van der Waals surface area (Å²) in [4.78, 5) is 15.3. The molecule has 0 N–H and O–H groups in total. The summed E-state index contributed by atoms with van der Waals surface area (Å²) >= 11 is 0. The summed E-state index contributed by atoms with van der Waals surface area (Å²) in [5.41, 5.74) is 5.23. The Labute approximate surface area is 183 Å². The fourth-order valence-electron chi connectivity index (χ4n) is 5.01. The zero-order chi connectivity index (χ0) is 22.2. The molecule has 1 aliphatic heterocycles. The van der Waals surface area contributed by atoms with Crippen molar-refractivity contribution in [2.75, 3.05) is 7.05 Å². The van der Waals surface area contributed by atoms with Crippen LogP contribution in [0.25, 0.3) is 5.70 Å². The van der Waals surface area contributed by atoms with Gasteiger partial charge in [-0.3, -0.25) is 4.79 Å². The number of Topliss-reactive ketones (excluding diaryl/α,β-unsaturated/α-hetero) is 1. The standard InChI is InChI=1S/C27H23N3O/c1-18-14-27(15-19(18)2)23(17-29)24(20-10-6-4-7-11-20)30(3)26(27)22(16-28)25(31)21-12-8-5-9-13-21/h4-13H,14-15H2,1-3H3/b26-22+. The second-order valence-electron chi connectivity index (χ2n) is 8.29. The number of hydrogen-bond donors (Lipinski definition) is 0. The molecule has 0 unspecified atom stereocenters. The molecule has 2 aromatic carbocycles. The van der Waals surface area contributed by atoms with Crippen molar-refractivity contribution in [2.24, 2.45) is 5.41 Å². The molecule has 0 radical (unpaired) electrons. The number of carbonyl (C=O) groups excluding carboxylic acids is 1. The highest BCUT2D eigenvalue weighted by Crippen LogP contribution is 2.60. The van der Waals surface area contributed by atoms with Crippen molar-refractivity contribution in [1.82, 2.24) is 4.90 Å². The first kappa shape index (κ1) is 20.4. The van der Waals surface area contributed by atoms with E-state index in [1.807, 2.05) is 48.3 Å². The number of carbonyl (C=O) groups is 1. The van der Waals surface area contributed by atoms with Crippen LogP contribution in [-0.2, 0) is 0 Å². The van der Waals surface area contributed by atoms with E-state index in [0.29, 0.717) is 29.7 Å². The molecule has 4 rings (SSSR count). The average Bonchev–Trinajstić information content (AvgIpc) is 3.21. The van der Waals surface area contributed by atoms with E-state index in [4.69, 9.17) is 0 Å². The van der Waals surface area contributed by atoms with Gasteiger partial charge in [-0.2, -0.15) is 10.5 Å². The Hall–Kier alpha value is -3.89. The third-order valence-electron chi connectivity index (χ3n) is 6.47. The van der Waals surface area contributed by atoms with E-state index in [0.717, 1.165) is 11.3 Å². The van der Waals surface area contributed by atoms with Crippen LogP contribution in [0.1, 0.15) is 42.6 Å². The van der Waals surface area contributed by atoms with Gasteiger partial charge < -0.3 is 4.90 Å². The lowest BCUT2D eigenvalue weighted by atomic mass is 9.73. The molecule has 0 atom stereocenters. The second-order valence-corrected chi connectivity index (χ2v) is 8.29. The van der Waals surface area contributed by atoms with Gasteiger partial charge in [-0.1, -0.05) is 71.8 Å². The summed E-state index contributed by atoms with van der Waals surface area (Å²) in [6.07, 6.45) is 1.26. The van der Waals surface area contributed by atoms with Crippen molar-refractivity contribution < 1.29 is 4.79 Å². The Morgan fingerprint density at radius 3 is 2.00 bits per heavy atom. The summed E-state index contributed by atoms with van der Waals surface area (Å²) in [6, 6.07) is 23.3. The van der Waals surface area contributed by atoms with E-state index < -0.39 is 5.41 Å². The van der Waals surface area contributed by atoms with Crippen LogP contribution in [0.4, 0.5) is 0 Å². The van der Waals surface area contributed by atoms with Crippen molar-refractivity contribution in [3.05, 3.63) is 99.8 Å². The van der Waals surface area contributed by atoms with Gasteiger partial charge in [0.1, 0.15) is 11.6 Å². The van der Waals surface area contributed by atoms with Gasteiger partial charge in [0.15, 0.2) is 0 Å². The topological polar surface area (TPSA) is 67.9 Å². The molecule has 1 spiro atoms. The molecule has 2 aliphatic rings. The molecule has 1 aliphatic carbocycles. The lowest BCUT2D eigenvalue weighted by molar-refractivity contribution is 0.103. The van der Waals surface area contributed by atoms with Crippen molar-refractivity contribution in [1.29, 1.82) is 10.5 Å². The van der Waals surface area contributed by atoms with Crippen LogP contribution in [0.15, 0.2) is 88.7 Å². The normalized spacial score (nSPS) is 18.9. The third-order valence-corrected chi connectivity index (χ3v) is 6.47. The molecule has 2 aromatic rings. The van der Waals surface area contributed by atoms with Crippen LogP contribution in [0.3, 0.4) is 0 Å². The number of benzene rings is 2. The van der Waals surface area contributed by atoms with Gasteiger partial charge in [0.2, 0.25) is 5.78 Å². The first-order valence-electron chi connectivity index (χ1n) is 10.3. The minimum Gasteiger partial charge on any atom is -0.345 e. The number of nitriles is 2. The maximum absolute atomic E-state index is 13.4. The number of nitrogens with zero attached hydrogens (tertiary/aromatic N) is 3. The molecule has 4 heteroatoms. The van der Waals surface area contributed by atoms with Gasteiger partial charge in [-0.25, -0.2) is 0 Å². The summed E-state index contributed by atoms with van der Waals surface area (Å²) in [5, 5.41) is 20.5. The van der Waals surface area contributed by atoms with Gasteiger partial charge in [0, 0.05) is 12.6 Å². The summed E-state index contributed by atoms with van der Waals surface area (Å²) < 4.78 is 0. The van der Waals surface area contributed by atoms with E-state index >= 15 is 0 Å². The first-order chi connectivity index (χ1) is 14.9. The molecule has 0 bridgehead atoms. The number of ketones is 1. The van der Waals surface area contributed by atoms with Gasteiger partial charge in [0.05, 0.1) is 28.5 Å². The summed E-state index contributed by atoms with van der Waals surface area (Å²) in [5.74, 6) is -0.307. The van der Waals surface area contributed by atoms with Crippen LogP contribution in [0, 0.1) is 28.1 Å². The first-order valence-corrected chi connectivity index (χ1v) is 10.3. The van der Waals surface area contributed by atoms with Crippen molar-refractivity contribution in [2.45, 2.75) is 26.7 Å². The molecule has 0 saturated carbocycles. The average molecular weight is 406 g/mol. The van der Waals surface area contributed by atoms with Crippen molar-refractivity contribution >= 4 is 11.5 Å². The smallest absolute Gasteiger partial charge is 0.205 e. The van der Waals surface area contributed by atoms with Crippen LogP contribution in [-0.4, -0.2) is 17.7 Å². The minimum atomic E-state index is -0.696. The van der Waals surface area contributed by atoms with Crippen LogP contribution in [0.2, 0.25) is 0 Å². The molecule has 0 saturated heterocycles. The highest BCUT2D eigenvalue weighted by molar-refractivity contribution is 6.12. The number of rotatable bonds is 3. The Morgan fingerprint density at radius 2 is 1.48 bits per heavy atom.